The lowest BCUT2D eigenvalue weighted by atomic mass is 10.0. The average Bonchev–Trinajstić information content (AvgIpc) is 2.36. The van der Waals surface area contributed by atoms with Gasteiger partial charge in [-0.1, -0.05) is 6.07 Å². The van der Waals surface area contributed by atoms with Gasteiger partial charge in [-0.05, 0) is 19.1 Å². The molecule has 0 spiro atoms. The number of nitrogens with zero attached hydrogens (tertiary/aromatic N) is 2. The number of anilines is 1. The van der Waals surface area contributed by atoms with E-state index >= 15 is 0 Å². The monoisotopic (exact) mass is 259 g/mol. The van der Waals surface area contributed by atoms with Crippen LogP contribution in [0.2, 0.25) is 0 Å². The van der Waals surface area contributed by atoms with Crippen LogP contribution in [-0.4, -0.2) is 30.0 Å². The zero-order valence-corrected chi connectivity index (χ0v) is 10.4. The number of amides is 2. The molecule has 19 heavy (non-hydrogen) atoms. The highest BCUT2D eigenvalue weighted by Crippen LogP contribution is 2.28. The topological polar surface area (TPSA) is 93.4 Å². The Bertz CT molecular complexity index is 559. The van der Waals surface area contributed by atoms with E-state index in [0.29, 0.717) is 16.8 Å². The fourth-order valence-corrected chi connectivity index (χ4v) is 2.05. The van der Waals surface area contributed by atoms with Crippen molar-refractivity contribution in [1.29, 1.82) is 5.26 Å². The second-order valence-electron chi connectivity index (χ2n) is 4.39. The Hall–Kier alpha value is -2.39. The number of carbonyl (C=O) groups excluding carboxylic acids is 2. The van der Waals surface area contributed by atoms with Crippen molar-refractivity contribution in [1.82, 2.24) is 5.32 Å². The Morgan fingerprint density at radius 3 is 2.53 bits per heavy atom. The fraction of sp³-hybridized carbons (Fsp3) is 0.308. The number of carbonyl (C=O) groups is 2. The van der Waals surface area contributed by atoms with Gasteiger partial charge < -0.3 is 10.0 Å². The summed E-state index contributed by atoms with van der Waals surface area (Å²) in [6, 6.07) is 6.81. The van der Waals surface area contributed by atoms with Crippen LogP contribution in [0.1, 0.15) is 24.2 Å². The third-order valence-electron chi connectivity index (χ3n) is 2.90. The molecule has 1 atom stereocenters. The van der Waals surface area contributed by atoms with Crippen LogP contribution in [0.25, 0.3) is 0 Å². The van der Waals surface area contributed by atoms with Crippen LogP contribution in [0.5, 0.6) is 0 Å². The summed E-state index contributed by atoms with van der Waals surface area (Å²) in [5.74, 6) is -0.787. The van der Waals surface area contributed by atoms with Crippen LogP contribution < -0.4 is 10.2 Å². The van der Waals surface area contributed by atoms with Crippen molar-refractivity contribution in [2.75, 3.05) is 18.0 Å². The van der Waals surface area contributed by atoms with Gasteiger partial charge in [-0.15, -0.1) is 0 Å². The minimum Gasteiger partial charge on any atom is -0.389 e. The van der Waals surface area contributed by atoms with Gasteiger partial charge in [0.15, 0.2) is 0 Å². The molecule has 2 rings (SSSR count). The molecule has 1 fully saturated rings. The van der Waals surface area contributed by atoms with Gasteiger partial charge in [0.1, 0.15) is 0 Å². The summed E-state index contributed by atoms with van der Waals surface area (Å²) in [6.07, 6.45) is -0.747. The summed E-state index contributed by atoms with van der Waals surface area (Å²) in [6.45, 7) is 1.65. The first kappa shape index (κ1) is 13.1. The fourth-order valence-electron chi connectivity index (χ4n) is 2.05. The molecule has 1 aromatic carbocycles. The highest BCUT2D eigenvalue weighted by atomic mass is 16.3. The summed E-state index contributed by atoms with van der Waals surface area (Å²) in [5, 5.41) is 20.9. The number of piperazine rings is 1. The van der Waals surface area contributed by atoms with Crippen molar-refractivity contribution in [3.05, 3.63) is 29.3 Å². The smallest absolute Gasteiger partial charge is 0.246 e. The number of benzene rings is 1. The molecule has 1 saturated heterocycles. The molecule has 1 aliphatic rings. The van der Waals surface area contributed by atoms with Crippen molar-refractivity contribution < 1.29 is 14.7 Å². The van der Waals surface area contributed by atoms with E-state index in [9.17, 15) is 14.7 Å². The first-order valence-electron chi connectivity index (χ1n) is 5.81. The third kappa shape index (κ3) is 2.72. The summed E-state index contributed by atoms with van der Waals surface area (Å²) >= 11 is 0. The van der Waals surface area contributed by atoms with Gasteiger partial charge in [0, 0.05) is 11.3 Å². The second-order valence-corrected chi connectivity index (χ2v) is 4.39. The maximum Gasteiger partial charge on any atom is 0.246 e. The number of imide groups is 1. The molecule has 1 aliphatic heterocycles. The normalized spacial score (nSPS) is 16.8. The Morgan fingerprint density at radius 1 is 1.37 bits per heavy atom. The minimum absolute atomic E-state index is 0.0281. The minimum atomic E-state index is -0.747. The van der Waals surface area contributed by atoms with E-state index in [2.05, 4.69) is 5.32 Å². The van der Waals surface area contributed by atoms with E-state index in [0.717, 1.165) is 0 Å². The first-order valence-corrected chi connectivity index (χ1v) is 5.81. The van der Waals surface area contributed by atoms with Crippen LogP contribution in [0.3, 0.4) is 0 Å². The molecule has 6 heteroatoms. The van der Waals surface area contributed by atoms with Gasteiger partial charge in [0.25, 0.3) is 0 Å². The van der Waals surface area contributed by atoms with Crippen LogP contribution in [-0.2, 0) is 9.59 Å². The number of hydrogen-bond acceptors (Lipinski definition) is 5. The molecule has 0 radical (unpaired) electrons. The van der Waals surface area contributed by atoms with Crippen LogP contribution in [0.4, 0.5) is 5.69 Å². The number of hydrogen-bond donors (Lipinski definition) is 2. The number of nitrogens with one attached hydrogen (secondary N) is 1. The van der Waals surface area contributed by atoms with Gasteiger partial charge >= 0.3 is 0 Å². The molecule has 2 N–H and O–H groups in total. The Labute approximate surface area is 110 Å². The number of aliphatic hydroxyl groups is 1. The molecule has 0 saturated carbocycles. The van der Waals surface area contributed by atoms with Crippen molar-refractivity contribution in [3.8, 4) is 6.07 Å². The number of rotatable bonds is 2. The third-order valence-corrected chi connectivity index (χ3v) is 2.90. The van der Waals surface area contributed by atoms with E-state index in [1.807, 2.05) is 6.07 Å². The van der Waals surface area contributed by atoms with Crippen LogP contribution in [0.15, 0.2) is 18.2 Å². The van der Waals surface area contributed by atoms with E-state index in [1.54, 1.807) is 30.0 Å². The molecule has 1 aromatic rings. The van der Waals surface area contributed by atoms with Gasteiger partial charge in [-0.2, -0.15) is 5.26 Å². The Morgan fingerprint density at radius 2 is 2.00 bits per heavy atom. The zero-order chi connectivity index (χ0) is 14.0. The average molecular weight is 259 g/mol. The van der Waals surface area contributed by atoms with E-state index in [-0.39, 0.29) is 13.1 Å². The molecule has 1 heterocycles. The van der Waals surface area contributed by atoms with E-state index in [1.165, 1.54) is 0 Å². The molecular formula is C13H13N3O3. The molecular weight excluding hydrogens is 246 g/mol. The van der Waals surface area contributed by atoms with Gasteiger partial charge in [0.2, 0.25) is 11.8 Å². The molecule has 98 valence electrons. The summed E-state index contributed by atoms with van der Waals surface area (Å²) < 4.78 is 0. The van der Waals surface area contributed by atoms with E-state index < -0.39 is 17.9 Å². The quantitative estimate of drug-likeness (QED) is 0.733. The SMILES string of the molecule is C[C@@H](O)c1ccc(C#N)cc1N1CC(=O)NC(=O)C1. The lowest BCUT2D eigenvalue weighted by Gasteiger charge is -2.30. The van der Waals surface area contributed by atoms with Gasteiger partial charge in [0.05, 0.1) is 30.8 Å². The molecule has 0 aromatic heterocycles. The van der Waals surface area contributed by atoms with Gasteiger partial charge in [-0.3, -0.25) is 14.9 Å². The maximum atomic E-state index is 11.4. The number of aliphatic hydroxyl groups excluding tert-OH is 1. The highest BCUT2D eigenvalue weighted by Gasteiger charge is 2.25. The molecule has 0 bridgehead atoms. The van der Waals surface area contributed by atoms with Crippen molar-refractivity contribution in [2.24, 2.45) is 0 Å². The second kappa shape index (κ2) is 5.08. The Balaban J connectivity index is 2.44. The summed E-state index contributed by atoms with van der Waals surface area (Å²) in [5.41, 5.74) is 1.54. The largest absolute Gasteiger partial charge is 0.389 e. The van der Waals surface area contributed by atoms with E-state index in [4.69, 9.17) is 5.26 Å². The highest BCUT2D eigenvalue weighted by molar-refractivity contribution is 6.02. The first-order chi connectivity index (χ1) is 9.01. The molecule has 0 unspecified atom stereocenters. The maximum absolute atomic E-state index is 11.4. The van der Waals surface area contributed by atoms with Crippen molar-refractivity contribution >= 4 is 17.5 Å². The van der Waals surface area contributed by atoms with Gasteiger partial charge in [-0.25, -0.2) is 0 Å². The van der Waals surface area contributed by atoms with Crippen molar-refractivity contribution in [2.45, 2.75) is 13.0 Å². The zero-order valence-electron chi connectivity index (χ0n) is 10.4. The summed E-state index contributed by atoms with van der Waals surface area (Å²) in [4.78, 5) is 24.3. The molecule has 6 nitrogen and oxygen atoms in total. The molecule has 0 aliphatic carbocycles. The standard InChI is InChI=1S/C13H13N3O3/c1-8(17)10-3-2-9(5-14)4-11(10)16-6-12(18)15-13(19)7-16/h2-4,8,17H,6-7H2,1H3,(H,15,18,19)/t8-/m1/s1. The van der Waals surface area contributed by atoms with Crippen LogP contribution >= 0.6 is 0 Å². The lowest BCUT2D eigenvalue weighted by Crippen LogP contribution is -2.51. The Kier molecular flexibility index (Phi) is 3.49. The molecule has 2 amide bonds. The summed E-state index contributed by atoms with van der Waals surface area (Å²) in [7, 11) is 0. The predicted molar refractivity (Wildman–Crippen MR) is 67.2 cm³/mol. The van der Waals surface area contributed by atoms with Crippen LogP contribution in [0, 0.1) is 11.3 Å². The predicted octanol–water partition coefficient (Wildman–Crippen LogP) is 0.0744. The lowest BCUT2D eigenvalue weighted by molar-refractivity contribution is -0.130. The number of nitriles is 1. The van der Waals surface area contributed by atoms with Crippen molar-refractivity contribution in [3.63, 3.8) is 0 Å².